The van der Waals surface area contributed by atoms with E-state index in [-0.39, 0.29) is 56.8 Å². The summed E-state index contributed by atoms with van der Waals surface area (Å²) >= 11 is 12.3. The average molecular weight is 763 g/mol. The second-order valence-electron chi connectivity index (χ2n) is 12.5. The molecule has 6 bridgehead atoms. The number of fused-ring (bicyclic) bond motifs is 3. The Balaban J connectivity index is 1.49. The molecule has 0 aliphatic carbocycles. The van der Waals surface area contributed by atoms with E-state index in [1.165, 1.54) is 24.3 Å². The first-order chi connectivity index (χ1) is 25.2. The van der Waals surface area contributed by atoms with Crippen molar-refractivity contribution < 1.29 is 44.3 Å². The smallest absolute Gasteiger partial charge is 0.330 e. The summed E-state index contributed by atoms with van der Waals surface area (Å²) in [6.45, 7) is 0. The molecule has 5 aromatic rings. The fourth-order valence-corrected chi connectivity index (χ4v) is 6.70. The predicted octanol–water partition coefficient (Wildman–Crippen LogP) is 4.54. The number of phenolic OH excluding ortho intramolecular Hbond substituents is 2. The zero-order valence-electron chi connectivity index (χ0n) is 27.8. The van der Waals surface area contributed by atoms with Crippen molar-refractivity contribution in [2.75, 3.05) is 7.05 Å². The summed E-state index contributed by atoms with van der Waals surface area (Å²) in [5.41, 5.74) is 8.86. The molecule has 0 saturated carbocycles. The molecule has 0 radical (unpaired) electrons. The summed E-state index contributed by atoms with van der Waals surface area (Å²) < 4.78 is 6.11. The summed E-state index contributed by atoms with van der Waals surface area (Å²) in [7, 11) is 1.54. The van der Waals surface area contributed by atoms with Crippen molar-refractivity contribution in [2.24, 2.45) is 5.73 Å². The molecule has 1 aliphatic heterocycles. The first kappa shape index (κ1) is 37.0. The molecule has 16 heteroatoms. The van der Waals surface area contributed by atoms with E-state index in [1.807, 2.05) is 0 Å². The van der Waals surface area contributed by atoms with Crippen molar-refractivity contribution >= 4 is 57.9 Å². The lowest BCUT2D eigenvalue weighted by Gasteiger charge is -2.24. The number of aromatic amines is 1. The number of rotatable bonds is 8. The number of carboxylic acid groups (broad SMARTS) is 2. The molecule has 53 heavy (non-hydrogen) atoms. The lowest BCUT2D eigenvalue weighted by Crippen LogP contribution is -2.48. The van der Waals surface area contributed by atoms with Crippen LogP contribution in [0.5, 0.6) is 23.0 Å². The van der Waals surface area contributed by atoms with Gasteiger partial charge in [-0.25, -0.2) is 4.79 Å². The van der Waals surface area contributed by atoms with Gasteiger partial charge in [-0.15, -0.1) is 0 Å². The van der Waals surface area contributed by atoms with Crippen LogP contribution in [-0.2, 0) is 32.0 Å². The van der Waals surface area contributed by atoms with Gasteiger partial charge in [0.2, 0.25) is 11.8 Å². The van der Waals surface area contributed by atoms with Gasteiger partial charge in [-0.3, -0.25) is 14.4 Å². The Hall–Kier alpha value is -5.80. The van der Waals surface area contributed by atoms with Gasteiger partial charge in [0, 0.05) is 22.7 Å². The number of hydrogen-bond donors (Lipinski definition) is 9. The van der Waals surface area contributed by atoms with Gasteiger partial charge in [0.25, 0.3) is 0 Å². The van der Waals surface area contributed by atoms with Crippen molar-refractivity contribution in [3.05, 3.63) is 105 Å². The van der Waals surface area contributed by atoms with Crippen molar-refractivity contribution in [3.63, 3.8) is 0 Å². The minimum absolute atomic E-state index is 0.00852. The van der Waals surface area contributed by atoms with E-state index in [0.29, 0.717) is 27.6 Å². The standard InChI is InChI=1S/C37H33Cl2N5O9/c1-41-27(36(49)50)9-16-5-7-20(8-6-16)53-28-14-17-10-23(32(28)45)22-4-2-3-21-19(15-42-31(21)22)13-26(40)34(47)43-29(35(48)44-30(17)37(51)52)18-11-24(38)33(46)25(39)12-18/h2-8,10-12,14-15,26-27,29-30,41-42,45-46H,9,13,40H2,1H3,(H,43,47)(H,44,48)(H,49,50)(H,51,52)/t26-,27?,29?,30-/m1/s1. The van der Waals surface area contributed by atoms with Crippen LogP contribution in [0.3, 0.4) is 0 Å². The molecule has 10 N–H and O–H groups in total. The van der Waals surface area contributed by atoms with E-state index < -0.39 is 53.7 Å². The summed E-state index contributed by atoms with van der Waals surface area (Å²) in [5.74, 6) is -4.95. The van der Waals surface area contributed by atoms with Crippen molar-refractivity contribution in [1.82, 2.24) is 20.9 Å². The second kappa shape index (κ2) is 15.0. The molecule has 0 saturated heterocycles. The van der Waals surface area contributed by atoms with Crippen molar-refractivity contribution in [2.45, 2.75) is 37.0 Å². The maximum atomic E-state index is 14.0. The Morgan fingerprint density at radius 1 is 0.925 bits per heavy atom. The number of aliphatic carboxylic acids is 2. The van der Waals surface area contributed by atoms with Gasteiger partial charge in [-0.2, -0.15) is 0 Å². The summed E-state index contributed by atoms with van der Waals surface area (Å²) in [5, 5.41) is 49.7. The van der Waals surface area contributed by atoms with Gasteiger partial charge < -0.3 is 51.8 Å². The van der Waals surface area contributed by atoms with Crippen LogP contribution in [0.4, 0.5) is 0 Å². The number of carbonyl (C=O) groups is 4. The lowest BCUT2D eigenvalue weighted by atomic mass is 9.95. The highest BCUT2D eigenvalue weighted by Gasteiger charge is 2.33. The molecule has 4 atom stereocenters. The molecular weight excluding hydrogens is 729 g/mol. The first-order valence-electron chi connectivity index (χ1n) is 16.2. The van der Waals surface area contributed by atoms with Gasteiger partial charge in [-0.05, 0) is 78.5 Å². The largest absolute Gasteiger partial charge is 0.505 e. The van der Waals surface area contributed by atoms with Crippen LogP contribution in [0, 0.1) is 0 Å². The summed E-state index contributed by atoms with van der Waals surface area (Å²) in [6, 6.07) is 11.5. The molecule has 2 unspecified atom stereocenters. The molecule has 14 nitrogen and oxygen atoms in total. The Kier molecular flexibility index (Phi) is 10.5. The number of ether oxygens (including phenoxy) is 1. The summed E-state index contributed by atoms with van der Waals surface area (Å²) in [6.07, 6.45) is 1.88. The lowest BCUT2D eigenvalue weighted by molar-refractivity contribution is -0.142. The molecule has 274 valence electrons. The van der Waals surface area contributed by atoms with E-state index >= 15 is 0 Å². The maximum absolute atomic E-state index is 14.0. The number of para-hydroxylation sites is 1. The molecule has 2 amide bonds. The van der Waals surface area contributed by atoms with Crippen LogP contribution < -0.4 is 26.4 Å². The van der Waals surface area contributed by atoms with Crippen molar-refractivity contribution in [3.8, 4) is 34.1 Å². The van der Waals surface area contributed by atoms with Crippen LogP contribution in [-0.4, -0.2) is 68.3 Å². The van der Waals surface area contributed by atoms with Crippen LogP contribution >= 0.6 is 23.2 Å². The minimum Gasteiger partial charge on any atom is -0.505 e. The number of benzene rings is 4. The highest BCUT2D eigenvalue weighted by molar-refractivity contribution is 6.37. The molecule has 0 fully saturated rings. The third kappa shape index (κ3) is 7.57. The predicted molar refractivity (Wildman–Crippen MR) is 195 cm³/mol. The quantitative estimate of drug-likeness (QED) is 0.106. The van der Waals surface area contributed by atoms with Crippen LogP contribution in [0.2, 0.25) is 10.0 Å². The normalized spacial score (nSPS) is 18.1. The highest BCUT2D eigenvalue weighted by Crippen LogP contribution is 2.44. The number of carbonyl (C=O) groups excluding carboxylic acids is 2. The number of nitrogens with one attached hydrogen (secondary N) is 4. The molecular formula is C37H33Cl2N5O9. The molecule has 1 aliphatic rings. The van der Waals surface area contributed by atoms with E-state index in [0.717, 1.165) is 0 Å². The third-order valence-corrected chi connectivity index (χ3v) is 9.57. The topological polar surface area (TPSA) is 236 Å². The third-order valence-electron chi connectivity index (χ3n) is 8.99. The van der Waals surface area contributed by atoms with Gasteiger partial charge in [-0.1, -0.05) is 53.5 Å². The number of hydrogen-bond acceptors (Lipinski definition) is 9. The fraction of sp³-hybridized carbons (Fsp3) is 0.189. The molecule has 0 spiro atoms. The minimum atomic E-state index is -1.76. The average Bonchev–Trinajstić information content (AvgIpc) is 3.54. The highest BCUT2D eigenvalue weighted by atomic mass is 35.5. The number of carboxylic acids is 2. The fourth-order valence-electron chi connectivity index (χ4n) is 6.20. The number of aromatic nitrogens is 1. The number of aromatic hydroxyl groups is 2. The van der Waals surface area contributed by atoms with E-state index in [1.54, 1.807) is 55.7 Å². The Morgan fingerprint density at radius 2 is 1.62 bits per heavy atom. The molecule has 6 rings (SSSR count). The van der Waals surface area contributed by atoms with Crippen LogP contribution in [0.15, 0.2) is 72.9 Å². The maximum Gasteiger partial charge on any atom is 0.330 e. The monoisotopic (exact) mass is 761 g/mol. The second-order valence-corrected chi connectivity index (χ2v) is 13.3. The van der Waals surface area contributed by atoms with Crippen molar-refractivity contribution in [1.29, 1.82) is 0 Å². The zero-order chi connectivity index (χ0) is 38.1. The van der Waals surface area contributed by atoms with Gasteiger partial charge in [0.1, 0.15) is 17.8 Å². The summed E-state index contributed by atoms with van der Waals surface area (Å²) in [4.78, 5) is 55.1. The first-order valence-corrected chi connectivity index (χ1v) is 16.9. The van der Waals surface area contributed by atoms with Crippen LogP contribution in [0.25, 0.3) is 22.0 Å². The van der Waals surface area contributed by atoms with E-state index in [2.05, 4.69) is 20.9 Å². The number of nitrogens with two attached hydrogens (primary N) is 1. The number of phenols is 2. The number of amides is 2. The van der Waals surface area contributed by atoms with Gasteiger partial charge in [0.05, 0.1) is 21.6 Å². The Morgan fingerprint density at radius 3 is 2.26 bits per heavy atom. The SMILES string of the molecule is CNC(Cc1ccc(Oc2cc3cc(c2O)-c2cccc4c(c[nH]c24)C[C@@H](N)C(=O)NC(c2cc(Cl)c(O)c(Cl)c2)C(=O)N[C@H]3C(=O)O)cc1)C(=O)O. The Bertz CT molecular complexity index is 2240. The molecule has 2 heterocycles. The van der Waals surface area contributed by atoms with Crippen LogP contribution in [0.1, 0.15) is 34.3 Å². The van der Waals surface area contributed by atoms with Gasteiger partial charge >= 0.3 is 11.9 Å². The number of halogens is 2. The number of H-pyrrole nitrogens is 1. The van der Waals surface area contributed by atoms with E-state index in [4.69, 9.17) is 33.7 Å². The Labute approximate surface area is 311 Å². The van der Waals surface area contributed by atoms with E-state index in [9.17, 15) is 39.6 Å². The molecule has 4 aromatic carbocycles. The number of likely N-dealkylation sites (N-methyl/N-ethyl adjacent to an activating group) is 1. The molecule has 1 aromatic heterocycles. The van der Waals surface area contributed by atoms with Gasteiger partial charge in [0.15, 0.2) is 23.3 Å². The zero-order valence-corrected chi connectivity index (χ0v) is 29.3.